The number of rotatable bonds is 0. The zero-order valence-corrected chi connectivity index (χ0v) is 6.91. The van der Waals surface area contributed by atoms with E-state index < -0.39 is 0 Å². The molecule has 3 nitrogen and oxygen atoms in total. The second kappa shape index (κ2) is 5.92. The fourth-order valence-corrected chi connectivity index (χ4v) is 0.617. The maximum Gasteiger partial charge on any atom is 0.302 e. The van der Waals surface area contributed by atoms with Crippen LogP contribution in [-0.2, 0) is 9.53 Å². The molecule has 0 radical (unpaired) electrons. The van der Waals surface area contributed by atoms with Crippen LogP contribution in [0.3, 0.4) is 0 Å². The number of aliphatic hydroxyl groups is 1. The van der Waals surface area contributed by atoms with Gasteiger partial charge in [-0.15, -0.1) is 0 Å². The lowest BCUT2D eigenvalue weighted by atomic mass is 10.3. The third-order valence-electron chi connectivity index (χ3n) is 1.27. The molecule has 0 amide bonds. The van der Waals surface area contributed by atoms with Crippen LogP contribution in [0.4, 0.5) is 0 Å². The van der Waals surface area contributed by atoms with Gasteiger partial charge in [0.2, 0.25) is 0 Å². The highest BCUT2D eigenvalue weighted by Crippen LogP contribution is 2.06. The van der Waals surface area contributed by atoms with Crippen molar-refractivity contribution in [3.63, 3.8) is 0 Å². The Morgan fingerprint density at radius 3 is 2.36 bits per heavy atom. The molecule has 0 aromatic carbocycles. The van der Waals surface area contributed by atoms with Gasteiger partial charge in [-0.05, 0) is 12.8 Å². The number of allylic oxidation sites excluding steroid dienone is 1. The van der Waals surface area contributed by atoms with E-state index in [-0.39, 0.29) is 12.1 Å². The van der Waals surface area contributed by atoms with E-state index in [4.69, 9.17) is 5.11 Å². The van der Waals surface area contributed by atoms with Crippen LogP contribution in [0.15, 0.2) is 12.2 Å². The largest absolute Gasteiger partial charge is 0.469 e. The molecule has 1 atom stereocenters. The second-order valence-electron chi connectivity index (χ2n) is 2.27. The van der Waals surface area contributed by atoms with Crippen molar-refractivity contribution in [2.75, 3.05) is 7.11 Å². The summed E-state index contributed by atoms with van der Waals surface area (Å²) in [6.07, 6.45) is 5.69. The fourth-order valence-electron chi connectivity index (χ4n) is 0.617. The van der Waals surface area contributed by atoms with E-state index in [2.05, 4.69) is 4.74 Å². The van der Waals surface area contributed by atoms with Crippen molar-refractivity contribution in [3.05, 3.63) is 12.2 Å². The summed E-state index contributed by atoms with van der Waals surface area (Å²) in [6.45, 7) is 1.36. The number of carbonyl (C=O) groups is 1. The van der Waals surface area contributed by atoms with Gasteiger partial charge >= 0.3 is 5.97 Å². The molecule has 1 aliphatic carbocycles. The van der Waals surface area contributed by atoms with Crippen LogP contribution in [0, 0.1) is 0 Å². The van der Waals surface area contributed by atoms with Crippen LogP contribution in [0.1, 0.15) is 19.8 Å². The first kappa shape index (κ1) is 10.2. The van der Waals surface area contributed by atoms with Gasteiger partial charge in [-0.3, -0.25) is 4.79 Å². The molecule has 0 fully saturated rings. The summed E-state index contributed by atoms with van der Waals surface area (Å²) in [7, 11) is 1.35. The first-order valence-corrected chi connectivity index (χ1v) is 3.56. The van der Waals surface area contributed by atoms with Gasteiger partial charge in [-0.2, -0.15) is 0 Å². The van der Waals surface area contributed by atoms with Crippen molar-refractivity contribution in [3.8, 4) is 0 Å². The van der Waals surface area contributed by atoms with Crippen LogP contribution in [0.2, 0.25) is 0 Å². The number of hydrogen-bond donors (Lipinski definition) is 1. The van der Waals surface area contributed by atoms with Gasteiger partial charge in [-0.25, -0.2) is 0 Å². The molecule has 3 heteroatoms. The van der Waals surface area contributed by atoms with Crippen molar-refractivity contribution in [2.24, 2.45) is 0 Å². The minimum Gasteiger partial charge on any atom is -0.469 e. The highest BCUT2D eigenvalue weighted by molar-refractivity contribution is 5.65. The molecular weight excluding hydrogens is 144 g/mol. The van der Waals surface area contributed by atoms with Crippen LogP contribution < -0.4 is 0 Å². The fraction of sp³-hybridized carbons (Fsp3) is 0.625. The normalized spacial score (nSPS) is 20.5. The summed E-state index contributed by atoms with van der Waals surface area (Å²) in [5.41, 5.74) is 0. The van der Waals surface area contributed by atoms with E-state index in [1.54, 1.807) is 0 Å². The van der Waals surface area contributed by atoms with E-state index in [0.717, 1.165) is 12.8 Å². The number of carbonyl (C=O) groups excluding carboxylic acids is 1. The van der Waals surface area contributed by atoms with E-state index in [1.807, 2.05) is 12.2 Å². The number of ether oxygens (including phenoxy) is 1. The molecule has 0 aliphatic heterocycles. The summed E-state index contributed by atoms with van der Waals surface area (Å²) in [6, 6.07) is 0. The smallest absolute Gasteiger partial charge is 0.302 e. The van der Waals surface area contributed by atoms with Gasteiger partial charge in [0.25, 0.3) is 0 Å². The number of aliphatic hydroxyl groups excluding tert-OH is 1. The summed E-state index contributed by atoms with van der Waals surface area (Å²) in [5.74, 6) is -0.245. The second-order valence-corrected chi connectivity index (χ2v) is 2.27. The van der Waals surface area contributed by atoms with Crippen LogP contribution in [-0.4, -0.2) is 24.3 Å². The van der Waals surface area contributed by atoms with Crippen LogP contribution >= 0.6 is 0 Å². The predicted molar refractivity (Wildman–Crippen MR) is 42.1 cm³/mol. The zero-order valence-electron chi connectivity index (χ0n) is 6.91. The van der Waals surface area contributed by atoms with Crippen molar-refractivity contribution in [1.82, 2.24) is 0 Å². The molecule has 0 saturated carbocycles. The average molecular weight is 158 g/mol. The van der Waals surface area contributed by atoms with Crippen molar-refractivity contribution < 1.29 is 14.6 Å². The summed E-state index contributed by atoms with van der Waals surface area (Å²) >= 11 is 0. The van der Waals surface area contributed by atoms with E-state index in [0.29, 0.717) is 0 Å². The minimum atomic E-state index is -0.245. The van der Waals surface area contributed by atoms with E-state index in [1.165, 1.54) is 14.0 Å². The van der Waals surface area contributed by atoms with Crippen molar-refractivity contribution in [2.45, 2.75) is 25.9 Å². The topological polar surface area (TPSA) is 46.5 Å². The highest BCUT2D eigenvalue weighted by atomic mass is 16.5. The molecule has 1 N–H and O–H groups in total. The molecular formula is C8H14O3. The summed E-state index contributed by atoms with van der Waals surface area (Å²) < 4.78 is 4.11. The van der Waals surface area contributed by atoms with Crippen LogP contribution in [0.25, 0.3) is 0 Å². The average Bonchev–Trinajstić information content (AvgIpc) is 2.41. The Bertz CT molecular complexity index is 140. The Morgan fingerprint density at radius 1 is 1.73 bits per heavy atom. The van der Waals surface area contributed by atoms with Gasteiger partial charge in [-0.1, -0.05) is 12.2 Å². The Labute approximate surface area is 66.7 Å². The molecule has 0 unspecified atom stereocenters. The Morgan fingerprint density at radius 2 is 2.27 bits per heavy atom. The molecule has 64 valence electrons. The van der Waals surface area contributed by atoms with Gasteiger partial charge in [0, 0.05) is 6.92 Å². The molecule has 1 aliphatic rings. The predicted octanol–water partition coefficient (Wildman–Crippen LogP) is 0.877. The molecule has 11 heavy (non-hydrogen) atoms. The molecule has 0 saturated heterocycles. The number of methoxy groups -OCH3 is 1. The van der Waals surface area contributed by atoms with E-state index >= 15 is 0 Å². The first-order valence-electron chi connectivity index (χ1n) is 3.56. The Hall–Kier alpha value is -0.830. The Balaban J connectivity index is 0.000000187. The van der Waals surface area contributed by atoms with Crippen molar-refractivity contribution in [1.29, 1.82) is 0 Å². The molecule has 0 spiro atoms. The monoisotopic (exact) mass is 158 g/mol. The number of esters is 1. The van der Waals surface area contributed by atoms with Gasteiger partial charge < -0.3 is 9.84 Å². The lowest BCUT2D eigenvalue weighted by Gasteiger charge is -1.89. The first-order chi connectivity index (χ1) is 5.16. The third-order valence-corrected chi connectivity index (χ3v) is 1.27. The standard InChI is InChI=1S/C5H8O.C3H6O2/c6-5-3-1-2-4-5;1-3(4)5-2/h1,3,5-6H,2,4H2;1-2H3/t5-;/m1./s1. The summed E-state index contributed by atoms with van der Waals surface area (Å²) in [4.78, 5) is 9.59. The van der Waals surface area contributed by atoms with Crippen LogP contribution in [0.5, 0.6) is 0 Å². The third kappa shape index (κ3) is 7.06. The van der Waals surface area contributed by atoms with Crippen molar-refractivity contribution >= 4 is 5.97 Å². The zero-order chi connectivity index (χ0) is 8.69. The minimum absolute atomic E-state index is 0.134. The molecule has 0 aromatic rings. The quantitative estimate of drug-likeness (QED) is 0.420. The van der Waals surface area contributed by atoms with Gasteiger partial charge in [0.05, 0.1) is 13.2 Å². The number of hydrogen-bond acceptors (Lipinski definition) is 3. The van der Waals surface area contributed by atoms with E-state index in [9.17, 15) is 4.79 Å². The summed E-state index contributed by atoms with van der Waals surface area (Å²) in [5, 5.41) is 8.64. The lowest BCUT2D eigenvalue weighted by molar-refractivity contribution is -0.137. The maximum atomic E-state index is 9.59. The maximum absolute atomic E-state index is 9.59. The Kier molecular flexibility index (Phi) is 5.47. The SMILES string of the molecule is COC(C)=O.O[C@@H]1C=CCC1. The molecule has 0 bridgehead atoms. The highest BCUT2D eigenvalue weighted by Gasteiger charge is 2.00. The lowest BCUT2D eigenvalue weighted by Crippen LogP contribution is -1.93. The molecule has 1 rings (SSSR count). The van der Waals surface area contributed by atoms with Gasteiger partial charge in [0.15, 0.2) is 0 Å². The molecule has 0 heterocycles. The van der Waals surface area contributed by atoms with Gasteiger partial charge in [0.1, 0.15) is 0 Å². The molecule has 0 aromatic heterocycles.